The van der Waals surface area contributed by atoms with Gasteiger partial charge in [0.05, 0.1) is 18.8 Å². The molecule has 130 valence electrons. The van der Waals surface area contributed by atoms with E-state index in [1.165, 1.54) is 0 Å². The molecule has 6 heteroatoms. The van der Waals surface area contributed by atoms with Gasteiger partial charge in [-0.1, -0.05) is 13.8 Å². The number of aliphatic hydroxyl groups excluding tert-OH is 1. The van der Waals surface area contributed by atoms with Crippen molar-refractivity contribution in [2.75, 3.05) is 19.7 Å². The van der Waals surface area contributed by atoms with Gasteiger partial charge in [0.2, 0.25) is 0 Å². The van der Waals surface area contributed by atoms with Crippen LogP contribution in [0.15, 0.2) is 6.33 Å². The number of hydrogen-bond donors (Lipinski definition) is 1. The quantitative estimate of drug-likeness (QED) is 0.863. The fourth-order valence-corrected chi connectivity index (χ4v) is 4.05. The van der Waals surface area contributed by atoms with E-state index in [1.807, 2.05) is 11.6 Å². The number of rotatable bonds is 6. The summed E-state index contributed by atoms with van der Waals surface area (Å²) in [4.78, 5) is 6.86. The maximum Gasteiger partial charge on any atom is 0.141 e. The number of likely N-dealkylation sites (tertiary alicyclic amines) is 1. The van der Waals surface area contributed by atoms with Crippen LogP contribution in [0, 0.1) is 11.3 Å². The summed E-state index contributed by atoms with van der Waals surface area (Å²) in [7, 11) is 0. The molecule has 1 spiro atoms. The van der Waals surface area contributed by atoms with Gasteiger partial charge in [-0.15, -0.1) is 0 Å². The van der Waals surface area contributed by atoms with Gasteiger partial charge in [-0.2, -0.15) is 5.10 Å². The van der Waals surface area contributed by atoms with Crippen LogP contribution in [0.4, 0.5) is 0 Å². The zero-order valence-electron chi connectivity index (χ0n) is 14.6. The van der Waals surface area contributed by atoms with Gasteiger partial charge in [0, 0.05) is 25.0 Å². The van der Waals surface area contributed by atoms with Crippen LogP contribution in [-0.4, -0.2) is 56.7 Å². The highest BCUT2D eigenvalue weighted by atomic mass is 16.5. The summed E-state index contributed by atoms with van der Waals surface area (Å²) < 4.78 is 7.86. The van der Waals surface area contributed by atoms with E-state index in [0.717, 1.165) is 57.9 Å². The Labute approximate surface area is 138 Å². The number of piperidine rings is 1. The van der Waals surface area contributed by atoms with Crippen molar-refractivity contribution in [1.29, 1.82) is 0 Å². The van der Waals surface area contributed by atoms with E-state index < -0.39 is 0 Å². The molecule has 2 atom stereocenters. The predicted octanol–water partition coefficient (Wildman–Crippen LogP) is 1.69. The van der Waals surface area contributed by atoms with Gasteiger partial charge in [-0.25, -0.2) is 9.67 Å². The topological polar surface area (TPSA) is 63.4 Å². The Morgan fingerprint density at radius 1 is 1.39 bits per heavy atom. The van der Waals surface area contributed by atoms with Gasteiger partial charge in [-0.3, -0.25) is 4.90 Å². The third-order valence-electron chi connectivity index (χ3n) is 5.50. The highest BCUT2D eigenvalue weighted by Crippen LogP contribution is 2.51. The molecule has 0 amide bonds. The molecule has 2 heterocycles. The Kier molecular flexibility index (Phi) is 5.04. The second-order valence-electron chi connectivity index (χ2n) is 7.46. The van der Waals surface area contributed by atoms with E-state index >= 15 is 0 Å². The zero-order valence-corrected chi connectivity index (χ0v) is 14.6. The second kappa shape index (κ2) is 6.87. The molecule has 0 bridgehead atoms. The summed E-state index contributed by atoms with van der Waals surface area (Å²) in [5.74, 6) is 1.61. The lowest BCUT2D eigenvalue weighted by Gasteiger charge is -2.56. The van der Waals surface area contributed by atoms with Gasteiger partial charge in [0.25, 0.3) is 0 Å². The molecule has 1 N–H and O–H groups in total. The second-order valence-corrected chi connectivity index (χ2v) is 7.46. The molecule has 1 aromatic rings. The maximum atomic E-state index is 10.3. The summed E-state index contributed by atoms with van der Waals surface area (Å²) in [6.45, 7) is 10.9. The fourth-order valence-electron chi connectivity index (χ4n) is 4.05. The van der Waals surface area contributed by atoms with Crippen LogP contribution in [0.25, 0.3) is 0 Å². The Bertz CT molecular complexity index is 506. The molecule has 6 nitrogen and oxygen atoms in total. The normalized spacial score (nSPS) is 27.5. The molecule has 1 aliphatic heterocycles. The van der Waals surface area contributed by atoms with E-state index in [4.69, 9.17) is 4.74 Å². The van der Waals surface area contributed by atoms with Crippen LogP contribution < -0.4 is 0 Å². The lowest BCUT2D eigenvalue weighted by Crippen LogP contribution is -2.62. The molecule has 23 heavy (non-hydrogen) atoms. The summed E-state index contributed by atoms with van der Waals surface area (Å²) in [6.07, 6.45) is 4.54. The van der Waals surface area contributed by atoms with E-state index in [1.54, 1.807) is 6.33 Å². The molecular formula is C17H30N4O2. The fraction of sp³-hybridized carbons (Fsp3) is 0.882. The van der Waals surface area contributed by atoms with E-state index in [0.29, 0.717) is 5.92 Å². The molecule has 0 radical (unpaired) electrons. The van der Waals surface area contributed by atoms with Crippen LogP contribution in [0.2, 0.25) is 0 Å². The summed E-state index contributed by atoms with van der Waals surface area (Å²) in [5.41, 5.74) is -0.00187. The van der Waals surface area contributed by atoms with Crippen LogP contribution in [0.5, 0.6) is 0 Å². The minimum absolute atomic E-state index is 0.00187. The highest BCUT2D eigenvalue weighted by molar-refractivity contribution is 5.06. The molecule has 2 aliphatic rings. The molecule has 3 rings (SSSR count). The molecular weight excluding hydrogens is 292 g/mol. The summed E-state index contributed by atoms with van der Waals surface area (Å²) in [5, 5.41) is 14.6. The third-order valence-corrected chi connectivity index (χ3v) is 5.50. The molecule has 1 saturated carbocycles. The van der Waals surface area contributed by atoms with Crippen LogP contribution >= 0.6 is 0 Å². The van der Waals surface area contributed by atoms with Crippen molar-refractivity contribution in [3.63, 3.8) is 0 Å². The van der Waals surface area contributed by atoms with Crippen LogP contribution in [-0.2, 0) is 17.8 Å². The standard InChI is InChI=1S/C17H30N4O2/c1-4-23-15-9-14(22)17(15)5-7-20(8-6-17)11-16-18-12-19-21(16)10-13(2)3/h12-15,22H,4-11H2,1-3H3. The number of aliphatic hydroxyl groups is 1. The van der Waals surface area contributed by atoms with Gasteiger partial charge < -0.3 is 9.84 Å². The van der Waals surface area contributed by atoms with Crippen molar-refractivity contribution in [3.05, 3.63) is 12.2 Å². The predicted molar refractivity (Wildman–Crippen MR) is 87.8 cm³/mol. The Morgan fingerprint density at radius 3 is 2.74 bits per heavy atom. The first kappa shape index (κ1) is 16.9. The highest BCUT2D eigenvalue weighted by Gasteiger charge is 2.55. The van der Waals surface area contributed by atoms with Crippen molar-refractivity contribution in [1.82, 2.24) is 19.7 Å². The first-order valence-corrected chi connectivity index (χ1v) is 8.94. The largest absolute Gasteiger partial charge is 0.392 e. The lowest BCUT2D eigenvalue weighted by atomic mass is 9.58. The minimum Gasteiger partial charge on any atom is -0.392 e. The van der Waals surface area contributed by atoms with Gasteiger partial charge in [0.1, 0.15) is 12.2 Å². The van der Waals surface area contributed by atoms with Crippen LogP contribution in [0.3, 0.4) is 0 Å². The number of hydrogen-bond acceptors (Lipinski definition) is 5. The number of aromatic nitrogens is 3. The van der Waals surface area contributed by atoms with E-state index in [2.05, 4.69) is 28.8 Å². The van der Waals surface area contributed by atoms with Crippen LogP contribution in [0.1, 0.15) is 45.9 Å². The molecule has 2 fully saturated rings. The van der Waals surface area contributed by atoms with E-state index in [9.17, 15) is 5.11 Å². The average molecular weight is 322 g/mol. The molecule has 2 unspecified atom stereocenters. The van der Waals surface area contributed by atoms with Crippen molar-refractivity contribution < 1.29 is 9.84 Å². The molecule has 1 saturated heterocycles. The smallest absolute Gasteiger partial charge is 0.141 e. The first-order chi connectivity index (χ1) is 11.0. The number of ether oxygens (including phenoxy) is 1. The average Bonchev–Trinajstić information content (AvgIpc) is 2.94. The van der Waals surface area contributed by atoms with Crippen molar-refractivity contribution >= 4 is 0 Å². The Balaban J connectivity index is 1.56. The van der Waals surface area contributed by atoms with Gasteiger partial charge >= 0.3 is 0 Å². The molecule has 1 aliphatic carbocycles. The van der Waals surface area contributed by atoms with Crippen molar-refractivity contribution in [2.24, 2.45) is 11.3 Å². The summed E-state index contributed by atoms with van der Waals surface area (Å²) in [6, 6.07) is 0. The first-order valence-electron chi connectivity index (χ1n) is 8.94. The zero-order chi connectivity index (χ0) is 16.4. The molecule has 1 aromatic heterocycles. The van der Waals surface area contributed by atoms with E-state index in [-0.39, 0.29) is 17.6 Å². The van der Waals surface area contributed by atoms with Crippen molar-refractivity contribution in [2.45, 2.75) is 65.3 Å². The summed E-state index contributed by atoms with van der Waals surface area (Å²) >= 11 is 0. The third kappa shape index (κ3) is 3.30. The lowest BCUT2D eigenvalue weighted by molar-refractivity contribution is -0.210. The SMILES string of the molecule is CCOC1CC(O)C12CCN(Cc1ncnn1CC(C)C)CC2. The minimum atomic E-state index is -0.189. The van der Waals surface area contributed by atoms with Crippen molar-refractivity contribution in [3.8, 4) is 0 Å². The Morgan fingerprint density at radius 2 is 2.13 bits per heavy atom. The van der Waals surface area contributed by atoms with Gasteiger partial charge in [-0.05, 0) is 38.8 Å². The Hall–Kier alpha value is -0.980. The molecule has 0 aromatic carbocycles. The number of nitrogens with zero attached hydrogens (tertiary/aromatic N) is 4. The van der Waals surface area contributed by atoms with Gasteiger partial charge in [0.15, 0.2) is 0 Å². The monoisotopic (exact) mass is 322 g/mol. The maximum absolute atomic E-state index is 10.3.